The molecular formula is C18H16ClN5O3S. The van der Waals surface area contributed by atoms with Crippen LogP contribution in [0.1, 0.15) is 21.5 Å². The Bertz CT molecular complexity index is 1060. The molecule has 1 N–H and O–H groups in total. The molecular weight excluding hydrogens is 402 g/mol. The van der Waals surface area contributed by atoms with Crippen LogP contribution in [0.25, 0.3) is 0 Å². The molecule has 1 amide bonds. The van der Waals surface area contributed by atoms with Crippen LogP contribution in [0.2, 0.25) is 5.02 Å². The van der Waals surface area contributed by atoms with Crippen molar-refractivity contribution >= 4 is 40.6 Å². The van der Waals surface area contributed by atoms with Crippen molar-refractivity contribution < 1.29 is 9.72 Å². The molecule has 0 radical (unpaired) electrons. The van der Waals surface area contributed by atoms with E-state index in [-0.39, 0.29) is 11.3 Å². The molecule has 0 bridgehead atoms. The van der Waals surface area contributed by atoms with Crippen molar-refractivity contribution in [2.24, 2.45) is 7.05 Å². The molecule has 0 saturated carbocycles. The third-order valence-corrected chi connectivity index (χ3v) is 5.37. The van der Waals surface area contributed by atoms with Gasteiger partial charge in [-0.1, -0.05) is 17.7 Å². The highest BCUT2D eigenvalue weighted by Gasteiger charge is 2.21. The van der Waals surface area contributed by atoms with Crippen LogP contribution in [-0.2, 0) is 7.05 Å². The van der Waals surface area contributed by atoms with Crippen molar-refractivity contribution in [1.29, 1.82) is 0 Å². The van der Waals surface area contributed by atoms with Gasteiger partial charge >= 0.3 is 0 Å². The molecule has 1 heterocycles. The molecule has 0 spiro atoms. The van der Waals surface area contributed by atoms with E-state index in [2.05, 4.69) is 15.5 Å². The zero-order chi connectivity index (χ0) is 20.4. The zero-order valence-electron chi connectivity index (χ0n) is 15.3. The first-order valence-corrected chi connectivity index (χ1v) is 9.34. The van der Waals surface area contributed by atoms with Gasteiger partial charge in [0.25, 0.3) is 11.6 Å². The summed E-state index contributed by atoms with van der Waals surface area (Å²) in [6.45, 7) is 3.74. The van der Waals surface area contributed by atoms with Crippen molar-refractivity contribution in [2.75, 3.05) is 5.32 Å². The molecule has 10 heteroatoms. The maximum atomic E-state index is 12.6. The first-order chi connectivity index (χ1) is 13.3. The van der Waals surface area contributed by atoms with Crippen molar-refractivity contribution in [2.45, 2.75) is 23.9 Å². The van der Waals surface area contributed by atoms with Gasteiger partial charge in [-0.3, -0.25) is 14.9 Å². The van der Waals surface area contributed by atoms with E-state index < -0.39 is 10.8 Å². The number of hydrogen-bond donors (Lipinski definition) is 1. The van der Waals surface area contributed by atoms with Crippen molar-refractivity contribution in [1.82, 2.24) is 14.8 Å². The minimum absolute atomic E-state index is 0.157. The smallest absolute Gasteiger partial charge is 0.284 e. The number of rotatable bonds is 5. The van der Waals surface area contributed by atoms with Crippen LogP contribution in [0.4, 0.5) is 11.4 Å². The Kier molecular flexibility index (Phi) is 5.66. The average Bonchev–Trinajstić information content (AvgIpc) is 3.02. The van der Waals surface area contributed by atoms with Gasteiger partial charge in [0.05, 0.1) is 20.5 Å². The molecule has 3 rings (SSSR count). The van der Waals surface area contributed by atoms with E-state index in [1.165, 1.54) is 24.5 Å². The summed E-state index contributed by atoms with van der Waals surface area (Å²) in [4.78, 5) is 24.0. The Morgan fingerprint density at radius 3 is 2.64 bits per heavy atom. The minimum Gasteiger partial charge on any atom is -0.320 e. The molecule has 0 aliphatic rings. The molecule has 28 heavy (non-hydrogen) atoms. The fraction of sp³-hybridized carbons (Fsp3) is 0.167. The Labute approximate surface area is 170 Å². The van der Waals surface area contributed by atoms with Crippen LogP contribution in [0.15, 0.2) is 46.7 Å². The number of carbonyl (C=O) groups excluding carboxylic acids is 1. The van der Waals surface area contributed by atoms with Gasteiger partial charge in [0.2, 0.25) is 0 Å². The topological polar surface area (TPSA) is 103 Å². The first kappa shape index (κ1) is 19.8. The second kappa shape index (κ2) is 7.99. The molecule has 0 atom stereocenters. The summed E-state index contributed by atoms with van der Waals surface area (Å²) in [6.07, 6.45) is 1.50. The maximum Gasteiger partial charge on any atom is 0.284 e. The molecule has 0 unspecified atom stereocenters. The summed E-state index contributed by atoms with van der Waals surface area (Å²) >= 11 is 7.33. The van der Waals surface area contributed by atoms with Gasteiger partial charge in [0.15, 0.2) is 5.16 Å². The van der Waals surface area contributed by atoms with Crippen molar-refractivity contribution in [3.8, 4) is 0 Å². The summed E-state index contributed by atoms with van der Waals surface area (Å²) in [5.41, 5.74) is 2.23. The van der Waals surface area contributed by atoms with Gasteiger partial charge in [-0.2, -0.15) is 0 Å². The summed E-state index contributed by atoms with van der Waals surface area (Å²) in [6, 6.07) is 7.93. The molecule has 3 aromatic rings. The van der Waals surface area contributed by atoms with Crippen LogP contribution in [0, 0.1) is 24.0 Å². The molecule has 2 aromatic carbocycles. The highest BCUT2D eigenvalue weighted by atomic mass is 35.5. The second-order valence-corrected chi connectivity index (χ2v) is 7.58. The fourth-order valence-electron chi connectivity index (χ4n) is 2.61. The van der Waals surface area contributed by atoms with E-state index in [1.54, 1.807) is 17.7 Å². The molecule has 0 saturated heterocycles. The van der Waals surface area contributed by atoms with Gasteiger partial charge in [0.1, 0.15) is 6.33 Å². The monoisotopic (exact) mass is 417 g/mol. The SMILES string of the molecule is Cc1cc(C)c(NC(=O)c2ccc(Sc3nncn3C)c([N+](=O)[O-])c2)c(Cl)c1. The zero-order valence-corrected chi connectivity index (χ0v) is 16.8. The Hall–Kier alpha value is -2.91. The van der Waals surface area contributed by atoms with Crippen LogP contribution < -0.4 is 5.32 Å². The van der Waals surface area contributed by atoms with Gasteiger partial charge in [-0.15, -0.1) is 10.2 Å². The molecule has 144 valence electrons. The Balaban J connectivity index is 1.90. The fourth-order valence-corrected chi connectivity index (χ4v) is 3.83. The van der Waals surface area contributed by atoms with Crippen LogP contribution in [0.5, 0.6) is 0 Å². The van der Waals surface area contributed by atoms with Gasteiger partial charge in [-0.25, -0.2) is 0 Å². The Morgan fingerprint density at radius 1 is 1.29 bits per heavy atom. The molecule has 0 aliphatic heterocycles. The molecule has 0 fully saturated rings. The average molecular weight is 418 g/mol. The normalized spacial score (nSPS) is 10.7. The molecule has 1 aromatic heterocycles. The van der Waals surface area contributed by atoms with E-state index >= 15 is 0 Å². The van der Waals surface area contributed by atoms with E-state index in [9.17, 15) is 14.9 Å². The number of benzene rings is 2. The van der Waals surface area contributed by atoms with Crippen molar-refractivity contribution in [3.63, 3.8) is 0 Å². The van der Waals surface area contributed by atoms with E-state index in [0.717, 1.165) is 22.9 Å². The van der Waals surface area contributed by atoms with Crippen LogP contribution in [0.3, 0.4) is 0 Å². The number of nitrogens with one attached hydrogen (secondary N) is 1. The highest BCUT2D eigenvalue weighted by Crippen LogP contribution is 2.34. The highest BCUT2D eigenvalue weighted by molar-refractivity contribution is 7.99. The lowest BCUT2D eigenvalue weighted by Crippen LogP contribution is -2.13. The summed E-state index contributed by atoms with van der Waals surface area (Å²) in [5, 5.41) is 22.8. The van der Waals surface area contributed by atoms with Crippen molar-refractivity contribution in [3.05, 3.63) is 68.5 Å². The number of amides is 1. The molecule has 8 nitrogen and oxygen atoms in total. The molecule has 0 aliphatic carbocycles. The van der Waals surface area contributed by atoms with E-state index in [0.29, 0.717) is 20.8 Å². The second-order valence-electron chi connectivity index (χ2n) is 6.16. The number of halogens is 1. The minimum atomic E-state index is -0.528. The largest absolute Gasteiger partial charge is 0.320 e. The van der Waals surface area contributed by atoms with Gasteiger partial charge in [-0.05, 0) is 54.9 Å². The number of nitro benzene ring substituents is 1. The lowest BCUT2D eigenvalue weighted by Gasteiger charge is -2.12. The third kappa shape index (κ3) is 4.15. The van der Waals surface area contributed by atoms with Gasteiger partial charge in [0, 0.05) is 18.7 Å². The predicted octanol–water partition coefficient (Wildman–Crippen LogP) is 4.40. The number of anilines is 1. The summed E-state index contributed by atoms with van der Waals surface area (Å²) in [7, 11) is 1.74. The quantitative estimate of drug-likeness (QED) is 0.487. The first-order valence-electron chi connectivity index (χ1n) is 8.14. The lowest BCUT2D eigenvalue weighted by atomic mass is 10.1. The maximum absolute atomic E-state index is 12.6. The third-order valence-electron chi connectivity index (χ3n) is 3.96. The predicted molar refractivity (Wildman–Crippen MR) is 107 cm³/mol. The number of carbonyl (C=O) groups is 1. The van der Waals surface area contributed by atoms with E-state index in [1.807, 2.05) is 19.9 Å². The van der Waals surface area contributed by atoms with E-state index in [4.69, 9.17) is 11.6 Å². The van der Waals surface area contributed by atoms with Gasteiger partial charge < -0.3 is 9.88 Å². The van der Waals surface area contributed by atoms with Crippen LogP contribution >= 0.6 is 23.4 Å². The summed E-state index contributed by atoms with van der Waals surface area (Å²) < 4.78 is 1.65. The van der Waals surface area contributed by atoms with Crippen LogP contribution in [-0.4, -0.2) is 25.6 Å². The number of aromatic nitrogens is 3. The number of hydrogen-bond acceptors (Lipinski definition) is 6. The number of nitrogens with zero attached hydrogens (tertiary/aromatic N) is 4. The number of aryl methyl sites for hydroxylation is 3. The Morgan fingerprint density at radius 2 is 2.04 bits per heavy atom. The standard InChI is InChI=1S/C18H16ClN5O3S/c1-10-6-11(2)16(13(19)7-10)21-17(25)12-4-5-15(14(8-12)24(26)27)28-18-22-20-9-23(18)3/h4-9H,1-3H3,(H,21,25). The lowest BCUT2D eigenvalue weighted by molar-refractivity contribution is -0.387. The number of nitro groups is 1. The summed E-state index contributed by atoms with van der Waals surface area (Å²) in [5.74, 6) is -0.479.